The quantitative estimate of drug-likeness (QED) is 0.560. The van der Waals surface area contributed by atoms with Gasteiger partial charge in [0.05, 0.1) is 5.02 Å². The maximum Gasteiger partial charge on any atom is 0.143 e. The number of alkyl halides is 1. The molecule has 5 heteroatoms. The number of hydrogen-bond acceptors (Lipinski definition) is 2. The maximum atomic E-state index is 10.2. The molecule has 0 aliphatic heterocycles. The van der Waals surface area contributed by atoms with Gasteiger partial charge < -0.3 is 4.79 Å². The first-order valence-electron chi connectivity index (χ1n) is 2.69. The zero-order chi connectivity index (χ0) is 8.43. The summed E-state index contributed by atoms with van der Waals surface area (Å²) >= 11 is 18.1. The van der Waals surface area contributed by atoms with E-state index in [1.165, 1.54) is 11.3 Å². The Balaban J connectivity index is 2.96. The fraction of sp³-hybridized carbons (Fsp3) is 0.167. The number of rotatable bonds is 2. The third-order valence-electron chi connectivity index (χ3n) is 1.06. The summed E-state index contributed by atoms with van der Waals surface area (Å²) in [6.45, 7) is 0. The standard InChI is InChI=1S/C6H3Cl3OS/c7-3-1-5(4(8)2-10)11-6(3)9/h1-2,4H. The van der Waals surface area contributed by atoms with Crippen LogP contribution in [0.5, 0.6) is 0 Å². The highest BCUT2D eigenvalue weighted by molar-refractivity contribution is 7.17. The van der Waals surface area contributed by atoms with Crippen molar-refractivity contribution in [2.45, 2.75) is 5.38 Å². The second-order valence-corrected chi connectivity index (χ2v) is 4.37. The second-order valence-electron chi connectivity index (χ2n) is 1.81. The van der Waals surface area contributed by atoms with E-state index in [1.807, 2.05) is 0 Å². The van der Waals surface area contributed by atoms with Crippen molar-refractivity contribution >= 4 is 52.4 Å². The molecule has 0 fully saturated rings. The zero-order valence-corrected chi connectivity index (χ0v) is 8.27. The van der Waals surface area contributed by atoms with E-state index < -0.39 is 5.38 Å². The fourth-order valence-corrected chi connectivity index (χ4v) is 2.09. The molecule has 60 valence electrons. The Morgan fingerprint density at radius 1 is 1.55 bits per heavy atom. The molecule has 0 aliphatic rings. The Labute approximate surface area is 82.9 Å². The number of carbonyl (C=O) groups is 1. The van der Waals surface area contributed by atoms with E-state index in [2.05, 4.69) is 0 Å². The smallest absolute Gasteiger partial charge is 0.143 e. The van der Waals surface area contributed by atoms with Gasteiger partial charge in [-0.2, -0.15) is 0 Å². The molecule has 1 heterocycles. The predicted molar refractivity (Wildman–Crippen MR) is 49.0 cm³/mol. The average molecular weight is 230 g/mol. The molecule has 1 nitrogen and oxygen atoms in total. The van der Waals surface area contributed by atoms with Crippen molar-refractivity contribution in [3.05, 3.63) is 20.3 Å². The molecule has 11 heavy (non-hydrogen) atoms. The second kappa shape index (κ2) is 3.76. The van der Waals surface area contributed by atoms with Crippen LogP contribution in [-0.4, -0.2) is 6.29 Å². The van der Waals surface area contributed by atoms with E-state index in [4.69, 9.17) is 34.8 Å². The van der Waals surface area contributed by atoms with Crippen LogP contribution in [0.1, 0.15) is 10.3 Å². The van der Waals surface area contributed by atoms with Crippen LogP contribution in [0.15, 0.2) is 6.07 Å². The van der Waals surface area contributed by atoms with Gasteiger partial charge in [-0.15, -0.1) is 22.9 Å². The van der Waals surface area contributed by atoms with Gasteiger partial charge in [0.25, 0.3) is 0 Å². The number of carbonyl (C=O) groups excluding carboxylic acids is 1. The average Bonchev–Trinajstić information content (AvgIpc) is 2.31. The Hall–Kier alpha value is 0.240. The van der Waals surface area contributed by atoms with Crippen LogP contribution in [-0.2, 0) is 4.79 Å². The van der Waals surface area contributed by atoms with Crippen molar-refractivity contribution in [2.75, 3.05) is 0 Å². The molecule has 1 rings (SSSR count). The minimum absolute atomic E-state index is 0.444. The summed E-state index contributed by atoms with van der Waals surface area (Å²) in [4.78, 5) is 10.9. The lowest BCUT2D eigenvalue weighted by Gasteiger charge is -1.92. The van der Waals surface area contributed by atoms with Gasteiger partial charge in [-0.1, -0.05) is 23.2 Å². The highest BCUT2D eigenvalue weighted by atomic mass is 35.5. The highest BCUT2D eigenvalue weighted by Gasteiger charge is 2.11. The topological polar surface area (TPSA) is 17.1 Å². The van der Waals surface area contributed by atoms with Crippen molar-refractivity contribution in [3.8, 4) is 0 Å². The van der Waals surface area contributed by atoms with Crippen LogP contribution in [0.25, 0.3) is 0 Å². The van der Waals surface area contributed by atoms with Crippen molar-refractivity contribution in [1.82, 2.24) is 0 Å². The summed E-state index contributed by atoms with van der Waals surface area (Å²) in [6.07, 6.45) is 0.639. The number of thiophene rings is 1. The number of hydrogen-bond donors (Lipinski definition) is 0. The van der Waals surface area contributed by atoms with Crippen LogP contribution >= 0.6 is 46.1 Å². The molecular formula is C6H3Cl3OS. The van der Waals surface area contributed by atoms with Crippen LogP contribution < -0.4 is 0 Å². The first kappa shape index (κ1) is 9.33. The summed E-state index contributed by atoms with van der Waals surface area (Å²) < 4.78 is 0.467. The largest absolute Gasteiger partial charge is 0.301 e. The first-order chi connectivity index (χ1) is 5.15. The lowest BCUT2D eigenvalue weighted by atomic mass is 10.4. The lowest BCUT2D eigenvalue weighted by molar-refractivity contribution is -0.107. The fourth-order valence-electron chi connectivity index (χ4n) is 0.566. The molecule has 0 aliphatic carbocycles. The van der Waals surface area contributed by atoms with Crippen LogP contribution in [0.4, 0.5) is 0 Å². The van der Waals surface area contributed by atoms with Crippen LogP contribution in [0.2, 0.25) is 9.36 Å². The van der Waals surface area contributed by atoms with E-state index in [9.17, 15) is 4.79 Å². The third kappa shape index (κ3) is 2.09. The Bertz CT molecular complexity index is 251. The summed E-state index contributed by atoms with van der Waals surface area (Å²) in [5.74, 6) is 0. The third-order valence-corrected chi connectivity index (χ3v) is 3.47. The molecule has 0 radical (unpaired) electrons. The summed E-state index contributed by atoms with van der Waals surface area (Å²) in [5, 5.41) is -0.191. The van der Waals surface area contributed by atoms with Gasteiger partial charge in [-0.25, -0.2) is 0 Å². The van der Waals surface area contributed by atoms with E-state index in [0.29, 0.717) is 20.5 Å². The first-order valence-corrected chi connectivity index (χ1v) is 4.70. The summed E-state index contributed by atoms with van der Waals surface area (Å²) in [6, 6.07) is 1.60. The van der Waals surface area contributed by atoms with Crippen molar-refractivity contribution in [1.29, 1.82) is 0 Å². The molecule has 1 unspecified atom stereocenters. The molecule has 1 aromatic rings. The summed E-state index contributed by atoms with van der Waals surface area (Å²) in [5.41, 5.74) is 0. The number of aldehydes is 1. The van der Waals surface area contributed by atoms with E-state index in [1.54, 1.807) is 6.07 Å². The molecule has 0 saturated heterocycles. The zero-order valence-electron chi connectivity index (χ0n) is 5.18. The molecule has 1 atom stereocenters. The highest BCUT2D eigenvalue weighted by Crippen LogP contribution is 2.36. The van der Waals surface area contributed by atoms with Gasteiger partial charge >= 0.3 is 0 Å². The molecule has 0 spiro atoms. The van der Waals surface area contributed by atoms with Crippen LogP contribution in [0, 0.1) is 0 Å². The summed E-state index contributed by atoms with van der Waals surface area (Å²) in [7, 11) is 0. The lowest BCUT2D eigenvalue weighted by Crippen LogP contribution is -1.84. The minimum Gasteiger partial charge on any atom is -0.301 e. The monoisotopic (exact) mass is 228 g/mol. The van der Waals surface area contributed by atoms with Gasteiger partial charge in [0.15, 0.2) is 0 Å². The molecule has 0 N–H and O–H groups in total. The number of halogens is 3. The van der Waals surface area contributed by atoms with Crippen molar-refractivity contribution in [3.63, 3.8) is 0 Å². The molecule has 0 aromatic carbocycles. The van der Waals surface area contributed by atoms with E-state index >= 15 is 0 Å². The predicted octanol–water partition coefficient (Wildman–Crippen LogP) is 3.53. The SMILES string of the molecule is O=CC(Cl)c1cc(Cl)c(Cl)s1. The van der Waals surface area contributed by atoms with Crippen molar-refractivity contribution < 1.29 is 4.79 Å². The Morgan fingerprint density at radius 3 is 2.55 bits per heavy atom. The minimum atomic E-state index is -0.634. The van der Waals surface area contributed by atoms with Crippen LogP contribution in [0.3, 0.4) is 0 Å². The van der Waals surface area contributed by atoms with Gasteiger partial charge in [0.1, 0.15) is 16.0 Å². The van der Waals surface area contributed by atoms with Gasteiger partial charge in [0.2, 0.25) is 0 Å². The van der Waals surface area contributed by atoms with Gasteiger partial charge in [-0.3, -0.25) is 0 Å². The van der Waals surface area contributed by atoms with Gasteiger partial charge in [-0.05, 0) is 6.07 Å². The van der Waals surface area contributed by atoms with E-state index in [-0.39, 0.29) is 0 Å². The molecular weight excluding hydrogens is 226 g/mol. The molecule has 0 bridgehead atoms. The maximum absolute atomic E-state index is 10.2. The Kier molecular flexibility index (Phi) is 3.19. The van der Waals surface area contributed by atoms with E-state index in [0.717, 1.165) is 0 Å². The molecule has 0 saturated carbocycles. The normalized spacial score (nSPS) is 13.0. The van der Waals surface area contributed by atoms with Gasteiger partial charge in [0, 0.05) is 4.88 Å². The molecule has 1 aromatic heterocycles. The Morgan fingerprint density at radius 2 is 2.18 bits per heavy atom. The molecule has 0 amide bonds. The van der Waals surface area contributed by atoms with Crippen molar-refractivity contribution in [2.24, 2.45) is 0 Å².